The zero-order valence-corrected chi connectivity index (χ0v) is 16.6. The van der Waals surface area contributed by atoms with Crippen LogP contribution >= 0.6 is 0 Å². The number of benzene rings is 2. The molecule has 1 aliphatic heterocycles. The van der Waals surface area contributed by atoms with Gasteiger partial charge in [-0.25, -0.2) is 0 Å². The van der Waals surface area contributed by atoms with Crippen LogP contribution in [-0.4, -0.2) is 50.6 Å². The normalized spacial score (nSPS) is 16.2. The van der Waals surface area contributed by atoms with Crippen molar-refractivity contribution in [1.82, 2.24) is 4.90 Å². The standard InChI is InChI=1S/C22H26N2O4/c1-16-6-4-5-7-20(16)28-13-12-23(2)22(26)17-14-21(25)24(15-17)18-8-10-19(27-3)11-9-18/h4-11,17H,12-15H2,1-3H3. The van der Waals surface area contributed by atoms with Crippen molar-refractivity contribution >= 4 is 17.5 Å². The molecule has 1 aliphatic rings. The first kappa shape index (κ1) is 19.7. The molecule has 1 atom stereocenters. The van der Waals surface area contributed by atoms with E-state index in [1.165, 1.54) is 0 Å². The molecule has 0 saturated carbocycles. The second-order valence-electron chi connectivity index (χ2n) is 6.98. The highest BCUT2D eigenvalue weighted by Crippen LogP contribution is 2.27. The highest BCUT2D eigenvalue weighted by atomic mass is 16.5. The van der Waals surface area contributed by atoms with Gasteiger partial charge in [0, 0.05) is 25.7 Å². The van der Waals surface area contributed by atoms with Gasteiger partial charge >= 0.3 is 0 Å². The van der Waals surface area contributed by atoms with Gasteiger partial charge in [0.15, 0.2) is 0 Å². The summed E-state index contributed by atoms with van der Waals surface area (Å²) >= 11 is 0. The number of nitrogens with zero attached hydrogens (tertiary/aromatic N) is 2. The quantitative estimate of drug-likeness (QED) is 0.739. The van der Waals surface area contributed by atoms with Crippen LogP contribution in [0.5, 0.6) is 11.5 Å². The molecule has 1 unspecified atom stereocenters. The van der Waals surface area contributed by atoms with Crippen molar-refractivity contribution < 1.29 is 19.1 Å². The van der Waals surface area contributed by atoms with E-state index < -0.39 is 0 Å². The summed E-state index contributed by atoms with van der Waals surface area (Å²) in [6, 6.07) is 15.1. The lowest BCUT2D eigenvalue weighted by atomic mass is 10.1. The first-order chi connectivity index (χ1) is 13.5. The van der Waals surface area contributed by atoms with Gasteiger partial charge in [0.25, 0.3) is 0 Å². The van der Waals surface area contributed by atoms with Gasteiger partial charge in [-0.05, 0) is 42.8 Å². The zero-order valence-electron chi connectivity index (χ0n) is 16.6. The molecule has 0 aliphatic carbocycles. The molecule has 6 heteroatoms. The summed E-state index contributed by atoms with van der Waals surface area (Å²) in [5.41, 5.74) is 1.85. The van der Waals surface area contributed by atoms with Crippen molar-refractivity contribution in [3.8, 4) is 11.5 Å². The van der Waals surface area contributed by atoms with Crippen molar-refractivity contribution in [3.63, 3.8) is 0 Å². The van der Waals surface area contributed by atoms with E-state index in [2.05, 4.69) is 0 Å². The fourth-order valence-corrected chi connectivity index (χ4v) is 3.32. The molecule has 1 heterocycles. The van der Waals surface area contributed by atoms with Crippen molar-refractivity contribution in [1.29, 1.82) is 0 Å². The predicted octanol–water partition coefficient (Wildman–Crippen LogP) is 2.89. The van der Waals surface area contributed by atoms with E-state index in [-0.39, 0.29) is 24.2 Å². The lowest BCUT2D eigenvalue weighted by molar-refractivity contribution is -0.134. The van der Waals surface area contributed by atoms with E-state index in [9.17, 15) is 9.59 Å². The molecule has 0 aromatic heterocycles. The number of methoxy groups -OCH3 is 1. The van der Waals surface area contributed by atoms with Crippen LogP contribution in [0.15, 0.2) is 48.5 Å². The monoisotopic (exact) mass is 382 g/mol. The number of para-hydroxylation sites is 1. The molecular formula is C22H26N2O4. The third kappa shape index (κ3) is 4.44. The molecule has 0 N–H and O–H groups in total. The molecule has 2 aromatic carbocycles. The number of carbonyl (C=O) groups is 2. The Hall–Kier alpha value is -3.02. The van der Waals surface area contributed by atoms with Gasteiger partial charge in [-0.1, -0.05) is 18.2 Å². The number of ether oxygens (including phenoxy) is 2. The van der Waals surface area contributed by atoms with Gasteiger partial charge in [0.05, 0.1) is 19.6 Å². The summed E-state index contributed by atoms with van der Waals surface area (Å²) in [4.78, 5) is 28.5. The summed E-state index contributed by atoms with van der Waals surface area (Å²) in [5, 5.41) is 0. The Morgan fingerprint density at radius 1 is 1.18 bits per heavy atom. The van der Waals surface area contributed by atoms with Crippen LogP contribution in [0.25, 0.3) is 0 Å². The van der Waals surface area contributed by atoms with E-state index >= 15 is 0 Å². The smallest absolute Gasteiger partial charge is 0.227 e. The number of hydrogen-bond acceptors (Lipinski definition) is 4. The van der Waals surface area contributed by atoms with Gasteiger partial charge in [-0.15, -0.1) is 0 Å². The molecule has 0 radical (unpaired) electrons. The highest BCUT2D eigenvalue weighted by molar-refractivity contribution is 6.00. The lowest BCUT2D eigenvalue weighted by Crippen LogP contribution is -2.37. The molecule has 1 fully saturated rings. The summed E-state index contributed by atoms with van der Waals surface area (Å²) in [5.74, 6) is 1.16. The number of rotatable bonds is 7. The van der Waals surface area contributed by atoms with Crippen LogP contribution in [0.4, 0.5) is 5.69 Å². The molecule has 3 rings (SSSR count). The minimum atomic E-state index is -0.335. The maximum atomic E-state index is 12.7. The van der Waals surface area contributed by atoms with E-state index in [1.807, 2.05) is 55.5 Å². The van der Waals surface area contributed by atoms with Crippen LogP contribution in [0, 0.1) is 12.8 Å². The topological polar surface area (TPSA) is 59.1 Å². The molecule has 0 bridgehead atoms. The molecule has 0 spiro atoms. The van der Waals surface area contributed by atoms with Gasteiger partial charge in [0.2, 0.25) is 11.8 Å². The van der Waals surface area contributed by atoms with Crippen LogP contribution in [-0.2, 0) is 9.59 Å². The minimum Gasteiger partial charge on any atom is -0.497 e. The molecule has 2 aromatic rings. The Bertz CT molecular complexity index is 835. The van der Waals surface area contributed by atoms with Gasteiger partial charge in [-0.2, -0.15) is 0 Å². The summed E-state index contributed by atoms with van der Waals surface area (Å²) in [7, 11) is 3.35. The fourth-order valence-electron chi connectivity index (χ4n) is 3.32. The average Bonchev–Trinajstić information content (AvgIpc) is 3.10. The Kier molecular flexibility index (Phi) is 6.19. The van der Waals surface area contributed by atoms with Gasteiger partial charge in [0.1, 0.15) is 18.1 Å². The third-order valence-electron chi connectivity index (χ3n) is 5.01. The van der Waals surface area contributed by atoms with Crippen molar-refractivity contribution in [2.75, 3.05) is 38.8 Å². The number of carbonyl (C=O) groups excluding carboxylic acids is 2. The highest BCUT2D eigenvalue weighted by Gasteiger charge is 2.36. The SMILES string of the molecule is COc1ccc(N2CC(C(=O)N(C)CCOc3ccccc3C)CC2=O)cc1. The predicted molar refractivity (Wildman–Crippen MR) is 108 cm³/mol. The average molecular weight is 382 g/mol. The second kappa shape index (κ2) is 8.78. The van der Waals surface area contributed by atoms with Crippen LogP contribution in [0.2, 0.25) is 0 Å². The molecule has 1 saturated heterocycles. The molecule has 148 valence electrons. The maximum absolute atomic E-state index is 12.7. The summed E-state index contributed by atoms with van der Waals surface area (Å²) in [6.07, 6.45) is 0.230. The molecule has 6 nitrogen and oxygen atoms in total. The number of amides is 2. The Labute approximate surface area is 165 Å². The van der Waals surface area contributed by atoms with E-state index in [1.54, 1.807) is 24.0 Å². The van der Waals surface area contributed by atoms with E-state index in [4.69, 9.17) is 9.47 Å². The van der Waals surface area contributed by atoms with E-state index in [0.29, 0.717) is 19.7 Å². The van der Waals surface area contributed by atoms with E-state index in [0.717, 1.165) is 22.7 Å². The molecule has 28 heavy (non-hydrogen) atoms. The van der Waals surface area contributed by atoms with Gasteiger partial charge in [-0.3, -0.25) is 9.59 Å². The zero-order chi connectivity index (χ0) is 20.1. The number of hydrogen-bond donors (Lipinski definition) is 0. The third-order valence-corrected chi connectivity index (χ3v) is 5.01. The Balaban J connectivity index is 1.53. The minimum absolute atomic E-state index is 0.0299. The maximum Gasteiger partial charge on any atom is 0.227 e. The van der Waals surface area contributed by atoms with Crippen molar-refractivity contribution in [2.45, 2.75) is 13.3 Å². The van der Waals surface area contributed by atoms with Crippen LogP contribution in [0.3, 0.4) is 0 Å². The number of anilines is 1. The first-order valence-electron chi connectivity index (χ1n) is 9.37. The van der Waals surface area contributed by atoms with Gasteiger partial charge < -0.3 is 19.3 Å². The number of aryl methyl sites for hydroxylation is 1. The van der Waals surface area contributed by atoms with Crippen LogP contribution < -0.4 is 14.4 Å². The lowest BCUT2D eigenvalue weighted by Gasteiger charge is -2.22. The molecule has 2 amide bonds. The number of likely N-dealkylation sites (N-methyl/N-ethyl adjacent to an activating group) is 1. The summed E-state index contributed by atoms with van der Waals surface area (Å²) < 4.78 is 10.9. The second-order valence-corrected chi connectivity index (χ2v) is 6.98. The fraction of sp³-hybridized carbons (Fsp3) is 0.364. The largest absolute Gasteiger partial charge is 0.497 e. The Morgan fingerprint density at radius 2 is 1.89 bits per heavy atom. The van der Waals surface area contributed by atoms with Crippen molar-refractivity contribution in [2.24, 2.45) is 5.92 Å². The summed E-state index contributed by atoms with van der Waals surface area (Å²) in [6.45, 7) is 3.27. The van der Waals surface area contributed by atoms with Crippen molar-refractivity contribution in [3.05, 3.63) is 54.1 Å². The van der Waals surface area contributed by atoms with Crippen LogP contribution in [0.1, 0.15) is 12.0 Å². The Morgan fingerprint density at radius 3 is 2.57 bits per heavy atom. The first-order valence-corrected chi connectivity index (χ1v) is 9.37. The molecular weight excluding hydrogens is 356 g/mol.